The SMILES string of the molecule is CCCCCCCCCCCCCCCCC/C=C/CC/C=C/C(O)C(CO)NC(=O)CCCCCCCCCCCCCCCC. The van der Waals surface area contributed by atoms with Crippen LogP contribution in [0.1, 0.15) is 226 Å². The zero-order valence-electron chi connectivity index (χ0n) is 31.8. The number of carbonyl (C=O) groups excluding carboxylic acids is 1. The van der Waals surface area contributed by atoms with E-state index in [2.05, 4.69) is 31.3 Å². The predicted molar refractivity (Wildman–Crippen MR) is 207 cm³/mol. The number of hydrogen-bond acceptors (Lipinski definition) is 3. The molecule has 0 aliphatic rings. The van der Waals surface area contributed by atoms with Crippen LogP contribution in [-0.2, 0) is 4.79 Å². The molecular weight excluding hydrogens is 578 g/mol. The third kappa shape index (κ3) is 36.0. The second-order valence-corrected chi connectivity index (χ2v) is 14.4. The Balaban J connectivity index is 3.59. The van der Waals surface area contributed by atoms with Crippen molar-refractivity contribution in [1.82, 2.24) is 5.32 Å². The van der Waals surface area contributed by atoms with E-state index < -0.39 is 12.1 Å². The minimum Gasteiger partial charge on any atom is -0.394 e. The monoisotopic (exact) mass is 662 g/mol. The van der Waals surface area contributed by atoms with E-state index in [1.165, 1.54) is 173 Å². The molecule has 0 fully saturated rings. The Morgan fingerprint density at radius 1 is 0.489 bits per heavy atom. The molecule has 3 N–H and O–H groups in total. The van der Waals surface area contributed by atoms with E-state index in [1.54, 1.807) is 6.08 Å². The molecule has 0 heterocycles. The molecule has 2 unspecified atom stereocenters. The van der Waals surface area contributed by atoms with Gasteiger partial charge in [-0.05, 0) is 32.1 Å². The smallest absolute Gasteiger partial charge is 0.220 e. The van der Waals surface area contributed by atoms with Crippen LogP contribution in [0.15, 0.2) is 24.3 Å². The number of nitrogens with one attached hydrogen (secondary N) is 1. The molecular formula is C43H83NO3. The molecule has 0 saturated carbocycles. The third-order valence-corrected chi connectivity index (χ3v) is 9.69. The lowest BCUT2D eigenvalue weighted by molar-refractivity contribution is -0.123. The zero-order valence-corrected chi connectivity index (χ0v) is 31.8. The molecule has 0 rings (SSSR count). The second-order valence-electron chi connectivity index (χ2n) is 14.4. The van der Waals surface area contributed by atoms with Crippen LogP contribution >= 0.6 is 0 Å². The number of unbranched alkanes of at least 4 members (excludes halogenated alkanes) is 29. The Morgan fingerprint density at radius 3 is 1.23 bits per heavy atom. The maximum absolute atomic E-state index is 12.3. The lowest BCUT2D eigenvalue weighted by Crippen LogP contribution is -2.45. The summed E-state index contributed by atoms with van der Waals surface area (Å²) < 4.78 is 0. The van der Waals surface area contributed by atoms with Crippen molar-refractivity contribution in [2.75, 3.05) is 6.61 Å². The lowest BCUT2D eigenvalue weighted by atomic mass is 10.0. The summed E-state index contributed by atoms with van der Waals surface area (Å²) in [5, 5.41) is 22.9. The largest absolute Gasteiger partial charge is 0.394 e. The third-order valence-electron chi connectivity index (χ3n) is 9.69. The van der Waals surface area contributed by atoms with E-state index >= 15 is 0 Å². The molecule has 0 spiro atoms. The molecule has 0 aliphatic heterocycles. The van der Waals surface area contributed by atoms with Crippen LogP contribution in [0, 0.1) is 0 Å². The van der Waals surface area contributed by atoms with Gasteiger partial charge in [0.2, 0.25) is 5.91 Å². The van der Waals surface area contributed by atoms with Gasteiger partial charge in [0.05, 0.1) is 18.8 Å². The molecule has 4 heteroatoms. The number of carbonyl (C=O) groups is 1. The van der Waals surface area contributed by atoms with Crippen LogP contribution in [0.2, 0.25) is 0 Å². The van der Waals surface area contributed by atoms with Crippen LogP contribution in [0.3, 0.4) is 0 Å². The summed E-state index contributed by atoms with van der Waals surface area (Å²) in [5.41, 5.74) is 0. The van der Waals surface area contributed by atoms with Gasteiger partial charge >= 0.3 is 0 Å². The fourth-order valence-electron chi connectivity index (χ4n) is 6.43. The summed E-state index contributed by atoms with van der Waals surface area (Å²) in [7, 11) is 0. The summed E-state index contributed by atoms with van der Waals surface area (Å²) >= 11 is 0. The number of rotatable bonds is 38. The van der Waals surface area contributed by atoms with Gasteiger partial charge in [-0.25, -0.2) is 0 Å². The summed E-state index contributed by atoms with van der Waals surface area (Å²) in [5.74, 6) is -0.0721. The minimum absolute atomic E-state index is 0.0721. The molecule has 0 aromatic heterocycles. The Kier molecular flexibility index (Phi) is 38.4. The number of amides is 1. The molecule has 2 atom stereocenters. The van der Waals surface area contributed by atoms with Crippen LogP contribution in [-0.4, -0.2) is 34.9 Å². The van der Waals surface area contributed by atoms with Gasteiger partial charge in [-0.1, -0.05) is 212 Å². The highest BCUT2D eigenvalue weighted by Crippen LogP contribution is 2.15. The average molecular weight is 662 g/mol. The molecule has 4 nitrogen and oxygen atoms in total. The van der Waals surface area contributed by atoms with Crippen LogP contribution < -0.4 is 5.32 Å². The van der Waals surface area contributed by atoms with E-state index in [9.17, 15) is 15.0 Å². The number of aliphatic hydroxyl groups is 2. The van der Waals surface area contributed by atoms with Crippen LogP contribution in [0.4, 0.5) is 0 Å². The molecule has 1 amide bonds. The van der Waals surface area contributed by atoms with Crippen molar-refractivity contribution in [3.8, 4) is 0 Å². The second kappa shape index (κ2) is 39.3. The number of hydrogen-bond donors (Lipinski definition) is 3. The first-order valence-electron chi connectivity index (χ1n) is 21.1. The van der Waals surface area contributed by atoms with Gasteiger partial charge in [0, 0.05) is 6.42 Å². The molecule has 47 heavy (non-hydrogen) atoms. The predicted octanol–water partition coefficient (Wildman–Crippen LogP) is 12.8. The Hall–Kier alpha value is -1.13. The topological polar surface area (TPSA) is 69.6 Å². The minimum atomic E-state index is -0.857. The van der Waals surface area contributed by atoms with E-state index in [0.717, 1.165) is 32.1 Å². The first kappa shape index (κ1) is 45.9. The molecule has 0 radical (unpaired) electrons. The first-order chi connectivity index (χ1) is 23.2. The van der Waals surface area contributed by atoms with Crippen molar-refractivity contribution in [2.45, 2.75) is 238 Å². The average Bonchev–Trinajstić information content (AvgIpc) is 3.07. The van der Waals surface area contributed by atoms with Crippen molar-refractivity contribution < 1.29 is 15.0 Å². The van der Waals surface area contributed by atoms with Crippen molar-refractivity contribution in [2.24, 2.45) is 0 Å². The molecule has 0 bridgehead atoms. The van der Waals surface area contributed by atoms with Gasteiger partial charge in [-0.3, -0.25) is 4.79 Å². The van der Waals surface area contributed by atoms with Gasteiger partial charge in [-0.2, -0.15) is 0 Å². The number of allylic oxidation sites excluding steroid dienone is 3. The normalized spacial score (nSPS) is 13.2. The van der Waals surface area contributed by atoms with Crippen molar-refractivity contribution in [3.63, 3.8) is 0 Å². The quantitative estimate of drug-likeness (QED) is 0.0455. The van der Waals surface area contributed by atoms with Gasteiger partial charge in [0.25, 0.3) is 0 Å². The summed E-state index contributed by atoms with van der Waals surface area (Å²) in [6.45, 7) is 4.30. The summed E-state index contributed by atoms with van der Waals surface area (Å²) in [6.07, 6.45) is 50.0. The van der Waals surface area contributed by atoms with E-state index in [-0.39, 0.29) is 12.5 Å². The van der Waals surface area contributed by atoms with E-state index in [0.29, 0.717) is 6.42 Å². The molecule has 0 saturated heterocycles. The first-order valence-corrected chi connectivity index (χ1v) is 21.1. The maximum atomic E-state index is 12.3. The Morgan fingerprint density at radius 2 is 0.830 bits per heavy atom. The molecule has 0 aromatic carbocycles. The number of aliphatic hydroxyl groups excluding tert-OH is 2. The molecule has 0 aliphatic carbocycles. The van der Waals surface area contributed by atoms with Crippen molar-refractivity contribution in [3.05, 3.63) is 24.3 Å². The van der Waals surface area contributed by atoms with Crippen LogP contribution in [0.25, 0.3) is 0 Å². The van der Waals surface area contributed by atoms with Gasteiger partial charge in [-0.15, -0.1) is 0 Å². The van der Waals surface area contributed by atoms with Crippen molar-refractivity contribution in [1.29, 1.82) is 0 Å². The van der Waals surface area contributed by atoms with Gasteiger partial charge < -0.3 is 15.5 Å². The highest BCUT2D eigenvalue weighted by atomic mass is 16.3. The highest BCUT2D eigenvalue weighted by Gasteiger charge is 2.17. The Labute approximate surface area is 294 Å². The van der Waals surface area contributed by atoms with Crippen molar-refractivity contribution >= 4 is 5.91 Å². The Bertz CT molecular complexity index is 676. The van der Waals surface area contributed by atoms with Gasteiger partial charge in [0.15, 0.2) is 0 Å². The standard InChI is InChI=1S/C43H83NO3/c1-3-5-7-9-11-13-15-17-19-20-21-22-23-24-25-26-28-30-32-34-36-38-42(46)41(40-45)44-43(47)39-37-35-33-31-29-27-18-16-14-12-10-8-6-4-2/h28,30,36,38,41-42,45-46H,3-27,29,31-35,37,39-40H2,1-2H3,(H,44,47)/b30-28+,38-36+. The lowest BCUT2D eigenvalue weighted by Gasteiger charge is -2.19. The molecule has 278 valence electrons. The zero-order chi connectivity index (χ0) is 34.3. The van der Waals surface area contributed by atoms with Gasteiger partial charge in [0.1, 0.15) is 0 Å². The summed E-state index contributed by atoms with van der Waals surface area (Å²) in [6, 6.07) is -0.633. The maximum Gasteiger partial charge on any atom is 0.220 e. The highest BCUT2D eigenvalue weighted by molar-refractivity contribution is 5.76. The fourth-order valence-corrected chi connectivity index (χ4v) is 6.43. The molecule has 0 aromatic rings. The van der Waals surface area contributed by atoms with E-state index in [1.807, 2.05) is 6.08 Å². The fraction of sp³-hybridized carbons (Fsp3) is 0.884. The van der Waals surface area contributed by atoms with Crippen LogP contribution in [0.5, 0.6) is 0 Å². The van der Waals surface area contributed by atoms with E-state index in [4.69, 9.17) is 0 Å². The summed E-state index contributed by atoms with van der Waals surface area (Å²) in [4.78, 5) is 12.3.